The first-order valence-electron chi connectivity index (χ1n) is 8.41. The molecule has 2 aromatic carbocycles. The van der Waals surface area contributed by atoms with Crippen LogP contribution in [0.4, 0.5) is 0 Å². The standard InChI is InChI=1S/C20H16Cl2N2O2S2/c1-12(18(25)23-11-13-6-3-2-4-7-13)24-19(26)16(28-20(24)27)10-14-8-5-9-15(21)17(14)22/h2-10,12H,11H2,1H3,(H,23,25)/b16-10-. The predicted molar refractivity (Wildman–Crippen MR) is 119 cm³/mol. The minimum Gasteiger partial charge on any atom is -0.350 e. The number of thiocarbonyl (C=S) groups is 1. The fourth-order valence-electron chi connectivity index (χ4n) is 2.64. The van der Waals surface area contributed by atoms with Crippen molar-refractivity contribution in [2.24, 2.45) is 0 Å². The second-order valence-corrected chi connectivity index (χ2v) is 8.54. The van der Waals surface area contributed by atoms with Crippen LogP contribution in [0.5, 0.6) is 0 Å². The quantitative estimate of drug-likeness (QED) is 0.519. The summed E-state index contributed by atoms with van der Waals surface area (Å²) in [7, 11) is 0. The lowest BCUT2D eigenvalue weighted by Crippen LogP contribution is -2.46. The summed E-state index contributed by atoms with van der Waals surface area (Å²) in [5, 5.41) is 3.60. The molecule has 1 fully saturated rings. The van der Waals surface area contributed by atoms with Gasteiger partial charge >= 0.3 is 0 Å². The van der Waals surface area contributed by atoms with Gasteiger partial charge in [0, 0.05) is 6.54 Å². The highest BCUT2D eigenvalue weighted by atomic mass is 35.5. The Morgan fingerprint density at radius 2 is 1.93 bits per heavy atom. The average Bonchev–Trinajstić information content (AvgIpc) is 2.97. The number of halogens is 2. The summed E-state index contributed by atoms with van der Waals surface area (Å²) in [5.41, 5.74) is 1.60. The van der Waals surface area contributed by atoms with E-state index in [2.05, 4.69) is 5.32 Å². The molecular formula is C20H16Cl2N2O2S2. The number of carbonyl (C=O) groups is 2. The third-order valence-corrected chi connectivity index (χ3v) is 6.33. The first-order valence-corrected chi connectivity index (χ1v) is 10.4. The van der Waals surface area contributed by atoms with Crippen LogP contribution in [-0.4, -0.2) is 27.1 Å². The molecule has 1 heterocycles. The van der Waals surface area contributed by atoms with Gasteiger partial charge in [0.05, 0.1) is 15.0 Å². The molecule has 0 bridgehead atoms. The van der Waals surface area contributed by atoms with Crippen molar-refractivity contribution in [1.82, 2.24) is 10.2 Å². The largest absolute Gasteiger partial charge is 0.350 e. The Kier molecular flexibility index (Phi) is 6.78. The third-order valence-electron chi connectivity index (χ3n) is 4.17. The number of amides is 2. The number of rotatable bonds is 5. The van der Waals surface area contributed by atoms with E-state index in [0.717, 1.165) is 17.3 Å². The summed E-state index contributed by atoms with van der Waals surface area (Å²) in [6.45, 7) is 2.03. The summed E-state index contributed by atoms with van der Waals surface area (Å²) in [5.74, 6) is -0.601. The van der Waals surface area contributed by atoms with Crippen molar-refractivity contribution >= 4 is 69.4 Å². The molecule has 2 aromatic rings. The van der Waals surface area contributed by atoms with Gasteiger partial charge in [0.2, 0.25) is 5.91 Å². The van der Waals surface area contributed by atoms with E-state index in [1.165, 1.54) is 4.90 Å². The van der Waals surface area contributed by atoms with Gasteiger partial charge in [-0.3, -0.25) is 14.5 Å². The van der Waals surface area contributed by atoms with Crippen LogP contribution in [0.1, 0.15) is 18.1 Å². The normalized spacial score (nSPS) is 16.5. The molecule has 8 heteroatoms. The van der Waals surface area contributed by atoms with Crippen molar-refractivity contribution in [2.45, 2.75) is 19.5 Å². The first kappa shape index (κ1) is 20.9. The van der Waals surface area contributed by atoms with Crippen molar-refractivity contribution < 1.29 is 9.59 Å². The fraction of sp³-hybridized carbons (Fsp3) is 0.150. The number of hydrogen-bond acceptors (Lipinski definition) is 4. The van der Waals surface area contributed by atoms with Gasteiger partial charge < -0.3 is 5.32 Å². The van der Waals surface area contributed by atoms with Gasteiger partial charge in [0.25, 0.3) is 5.91 Å². The molecule has 1 aliphatic rings. The maximum absolute atomic E-state index is 12.8. The van der Waals surface area contributed by atoms with E-state index in [0.29, 0.717) is 31.4 Å². The molecule has 4 nitrogen and oxygen atoms in total. The zero-order valence-electron chi connectivity index (χ0n) is 14.8. The van der Waals surface area contributed by atoms with Gasteiger partial charge in [0.15, 0.2) is 0 Å². The number of carbonyl (C=O) groups excluding carboxylic acids is 2. The highest BCUT2D eigenvalue weighted by molar-refractivity contribution is 8.26. The number of thioether (sulfide) groups is 1. The van der Waals surface area contributed by atoms with Crippen LogP contribution in [0, 0.1) is 0 Å². The molecule has 144 valence electrons. The van der Waals surface area contributed by atoms with E-state index >= 15 is 0 Å². The van der Waals surface area contributed by atoms with Crippen LogP contribution >= 0.6 is 47.2 Å². The predicted octanol–water partition coefficient (Wildman–Crippen LogP) is 4.90. The van der Waals surface area contributed by atoms with E-state index in [1.807, 2.05) is 30.3 Å². The second-order valence-electron chi connectivity index (χ2n) is 6.07. The molecule has 1 unspecified atom stereocenters. The van der Waals surface area contributed by atoms with Gasteiger partial charge in [-0.15, -0.1) is 0 Å². The lowest BCUT2D eigenvalue weighted by Gasteiger charge is -2.22. The van der Waals surface area contributed by atoms with Gasteiger partial charge in [-0.05, 0) is 30.2 Å². The highest BCUT2D eigenvalue weighted by Gasteiger charge is 2.38. The molecule has 1 N–H and O–H groups in total. The Bertz CT molecular complexity index is 964. The van der Waals surface area contributed by atoms with Crippen molar-refractivity contribution in [3.8, 4) is 0 Å². The van der Waals surface area contributed by atoms with Crippen LogP contribution in [0.2, 0.25) is 10.0 Å². The van der Waals surface area contributed by atoms with Crippen molar-refractivity contribution in [3.63, 3.8) is 0 Å². The van der Waals surface area contributed by atoms with E-state index in [1.54, 1.807) is 31.2 Å². The third kappa shape index (κ3) is 4.58. The second kappa shape index (κ2) is 9.09. The zero-order valence-corrected chi connectivity index (χ0v) is 18.0. The summed E-state index contributed by atoms with van der Waals surface area (Å²) < 4.78 is 0.330. The number of nitrogens with one attached hydrogen (secondary N) is 1. The zero-order chi connectivity index (χ0) is 20.3. The maximum Gasteiger partial charge on any atom is 0.266 e. The molecule has 2 amide bonds. The van der Waals surface area contributed by atoms with Crippen molar-refractivity contribution in [1.29, 1.82) is 0 Å². The Morgan fingerprint density at radius 1 is 1.21 bits per heavy atom. The van der Waals surface area contributed by atoms with Gasteiger partial charge in [0.1, 0.15) is 10.4 Å². The number of hydrogen-bond donors (Lipinski definition) is 1. The highest BCUT2D eigenvalue weighted by Crippen LogP contribution is 2.36. The summed E-state index contributed by atoms with van der Waals surface area (Å²) in [6.07, 6.45) is 1.64. The van der Waals surface area contributed by atoms with E-state index in [9.17, 15) is 9.59 Å². The molecular weight excluding hydrogens is 435 g/mol. The fourth-order valence-corrected chi connectivity index (χ4v) is 4.41. The lowest BCUT2D eigenvalue weighted by molar-refractivity contribution is -0.132. The first-order chi connectivity index (χ1) is 13.4. The molecule has 0 aliphatic carbocycles. The Morgan fingerprint density at radius 3 is 2.64 bits per heavy atom. The minimum absolute atomic E-state index is 0.276. The molecule has 1 aliphatic heterocycles. The minimum atomic E-state index is -0.725. The lowest BCUT2D eigenvalue weighted by atomic mass is 10.2. The molecule has 1 saturated heterocycles. The van der Waals surface area contributed by atoms with E-state index < -0.39 is 6.04 Å². The topological polar surface area (TPSA) is 49.4 Å². The molecule has 0 radical (unpaired) electrons. The van der Waals surface area contributed by atoms with Crippen LogP contribution < -0.4 is 5.32 Å². The summed E-state index contributed by atoms with van der Waals surface area (Å²) >= 11 is 18.7. The molecule has 1 atom stereocenters. The van der Waals surface area contributed by atoms with Crippen LogP contribution in [0.15, 0.2) is 53.4 Å². The molecule has 3 rings (SSSR count). The molecule has 0 aromatic heterocycles. The van der Waals surface area contributed by atoms with E-state index in [4.69, 9.17) is 35.4 Å². The van der Waals surface area contributed by atoms with Crippen LogP contribution in [-0.2, 0) is 16.1 Å². The Labute approximate surface area is 182 Å². The van der Waals surface area contributed by atoms with Crippen molar-refractivity contribution in [2.75, 3.05) is 0 Å². The molecule has 0 spiro atoms. The number of nitrogens with zero attached hydrogens (tertiary/aromatic N) is 1. The number of benzene rings is 2. The Balaban J connectivity index is 1.73. The van der Waals surface area contributed by atoms with Crippen LogP contribution in [0.3, 0.4) is 0 Å². The summed E-state index contributed by atoms with van der Waals surface area (Å²) in [6, 6.07) is 14.0. The van der Waals surface area contributed by atoms with E-state index in [-0.39, 0.29) is 11.8 Å². The Hall–Kier alpha value is -1.86. The van der Waals surface area contributed by atoms with Gasteiger partial charge in [-0.2, -0.15) is 0 Å². The SMILES string of the molecule is CC(C(=O)NCc1ccccc1)N1C(=O)/C(=C/c2cccc(Cl)c2Cl)SC1=S. The molecule has 0 saturated carbocycles. The van der Waals surface area contributed by atoms with Gasteiger partial charge in [-0.25, -0.2) is 0 Å². The monoisotopic (exact) mass is 450 g/mol. The molecule has 28 heavy (non-hydrogen) atoms. The summed E-state index contributed by atoms with van der Waals surface area (Å²) in [4.78, 5) is 27.1. The van der Waals surface area contributed by atoms with Gasteiger partial charge in [-0.1, -0.05) is 89.6 Å². The average molecular weight is 451 g/mol. The smallest absolute Gasteiger partial charge is 0.266 e. The van der Waals surface area contributed by atoms with Crippen molar-refractivity contribution in [3.05, 3.63) is 74.6 Å². The van der Waals surface area contributed by atoms with Crippen LogP contribution in [0.25, 0.3) is 6.08 Å². The maximum atomic E-state index is 12.8.